The van der Waals surface area contributed by atoms with Crippen molar-refractivity contribution < 1.29 is 9.13 Å². The van der Waals surface area contributed by atoms with Crippen molar-refractivity contribution in [1.29, 1.82) is 0 Å². The van der Waals surface area contributed by atoms with E-state index in [0.717, 1.165) is 22.7 Å². The summed E-state index contributed by atoms with van der Waals surface area (Å²) >= 11 is 7.20. The summed E-state index contributed by atoms with van der Waals surface area (Å²) in [6, 6.07) is 5.15. The van der Waals surface area contributed by atoms with E-state index in [0.29, 0.717) is 30.6 Å². The van der Waals surface area contributed by atoms with E-state index < -0.39 is 0 Å². The van der Waals surface area contributed by atoms with Gasteiger partial charge in [-0.3, -0.25) is 0 Å². The Balaban J connectivity index is 2.00. The molecule has 0 N–H and O–H groups in total. The molecular formula is C16H19ClFNOS. The van der Waals surface area contributed by atoms with Crippen LogP contribution in [-0.2, 0) is 17.2 Å². The Bertz CT molecular complexity index is 585. The predicted octanol–water partition coefficient (Wildman–Crippen LogP) is 5.25. The van der Waals surface area contributed by atoms with Crippen molar-refractivity contribution in [2.75, 3.05) is 6.61 Å². The summed E-state index contributed by atoms with van der Waals surface area (Å²) in [5, 5.41) is 2.68. The van der Waals surface area contributed by atoms with Crippen LogP contribution in [0.15, 0.2) is 23.6 Å². The van der Waals surface area contributed by atoms with Crippen LogP contribution < -0.4 is 0 Å². The van der Waals surface area contributed by atoms with Crippen LogP contribution in [0.1, 0.15) is 31.5 Å². The van der Waals surface area contributed by atoms with E-state index in [-0.39, 0.29) is 5.82 Å². The number of alkyl halides is 1. The SMILES string of the molecule is CC(C)CCOCc1ccc(-c2nc(CCl)cs2)cc1F. The summed E-state index contributed by atoms with van der Waals surface area (Å²) in [5.74, 6) is 0.721. The monoisotopic (exact) mass is 327 g/mol. The quantitative estimate of drug-likeness (QED) is 0.512. The highest BCUT2D eigenvalue weighted by atomic mass is 35.5. The van der Waals surface area contributed by atoms with Crippen molar-refractivity contribution in [2.24, 2.45) is 5.92 Å². The number of nitrogens with zero attached hydrogens (tertiary/aromatic N) is 1. The largest absolute Gasteiger partial charge is 0.377 e. The first kappa shape index (κ1) is 16.4. The lowest BCUT2D eigenvalue weighted by Gasteiger charge is -2.08. The molecule has 0 aliphatic heterocycles. The molecule has 1 heterocycles. The summed E-state index contributed by atoms with van der Waals surface area (Å²) in [4.78, 5) is 4.35. The molecule has 0 bridgehead atoms. The smallest absolute Gasteiger partial charge is 0.129 e. The van der Waals surface area contributed by atoms with E-state index in [4.69, 9.17) is 16.3 Å². The molecule has 5 heteroatoms. The molecule has 114 valence electrons. The summed E-state index contributed by atoms with van der Waals surface area (Å²) in [6.45, 7) is 5.25. The first-order chi connectivity index (χ1) is 10.1. The first-order valence-corrected chi connectivity index (χ1v) is 8.38. The molecule has 1 aromatic heterocycles. The maximum atomic E-state index is 14.1. The summed E-state index contributed by atoms with van der Waals surface area (Å²) < 4.78 is 19.6. The summed E-state index contributed by atoms with van der Waals surface area (Å²) in [6.07, 6.45) is 0.986. The fourth-order valence-electron chi connectivity index (χ4n) is 1.80. The van der Waals surface area contributed by atoms with Crippen LogP contribution in [0.25, 0.3) is 10.6 Å². The van der Waals surface area contributed by atoms with Crippen molar-refractivity contribution in [3.63, 3.8) is 0 Å². The van der Waals surface area contributed by atoms with Gasteiger partial charge in [-0.2, -0.15) is 0 Å². The maximum absolute atomic E-state index is 14.1. The van der Waals surface area contributed by atoms with Gasteiger partial charge in [0.05, 0.1) is 18.2 Å². The van der Waals surface area contributed by atoms with Crippen LogP contribution >= 0.6 is 22.9 Å². The first-order valence-electron chi connectivity index (χ1n) is 6.97. The van der Waals surface area contributed by atoms with Crippen molar-refractivity contribution in [1.82, 2.24) is 4.98 Å². The molecule has 1 aromatic carbocycles. The second kappa shape index (κ2) is 7.87. The molecule has 2 rings (SSSR count). The average molecular weight is 328 g/mol. The van der Waals surface area contributed by atoms with Crippen LogP contribution in [0, 0.1) is 11.7 Å². The molecule has 0 spiro atoms. The molecule has 0 aliphatic carbocycles. The van der Waals surface area contributed by atoms with Gasteiger partial charge < -0.3 is 4.74 Å². The van der Waals surface area contributed by atoms with Crippen LogP contribution in [0.5, 0.6) is 0 Å². The Morgan fingerprint density at radius 3 is 2.81 bits per heavy atom. The number of aromatic nitrogens is 1. The van der Waals surface area contributed by atoms with E-state index in [9.17, 15) is 4.39 Å². The second-order valence-electron chi connectivity index (χ2n) is 5.32. The highest BCUT2D eigenvalue weighted by Gasteiger charge is 2.09. The minimum Gasteiger partial charge on any atom is -0.377 e. The van der Waals surface area contributed by atoms with Crippen LogP contribution in [0.4, 0.5) is 4.39 Å². The van der Waals surface area contributed by atoms with Gasteiger partial charge in [0.25, 0.3) is 0 Å². The molecule has 21 heavy (non-hydrogen) atoms. The average Bonchev–Trinajstić information content (AvgIpc) is 2.93. The number of hydrogen-bond acceptors (Lipinski definition) is 3. The van der Waals surface area contributed by atoms with Crippen molar-refractivity contribution >= 4 is 22.9 Å². The predicted molar refractivity (Wildman–Crippen MR) is 86.2 cm³/mol. The molecule has 0 saturated carbocycles. The molecule has 0 fully saturated rings. The molecule has 0 radical (unpaired) electrons. The molecule has 0 saturated heterocycles. The number of benzene rings is 1. The number of ether oxygens (including phenoxy) is 1. The van der Waals surface area contributed by atoms with Crippen molar-refractivity contribution in [3.8, 4) is 10.6 Å². The fourth-order valence-corrected chi connectivity index (χ4v) is 2.84. The fraction of sp³-hybridized carbons (Fsp3) is 0.438. The lowest BCUT2D eigenvalue weighted by Crippen LogP contribution is -2.01. The van der Waals surface area contributed by atoms with Crippen LogP contribution in [-0.4, -0.2) is 11.6 Å². The van der Waals surface area contributed by atoms with Crippen molar-refractivity contribution in [3.05, 3.63) is 40.7 Å². The lowest BCUT2D eigenvalue weighted by molar-refractivity contribution is 0.108. The van der Waals surface area contributed by atoms with E-state index >= 15 is 0 Å². The molecule has 0 unspecified atom stereocenters. The number of thiazole rings is 1. The molecule has 2 aromatic rings. The Morgan fingerprint density at radius 2 is 2.19 bits per heavy atom. The normalized spacial score (nSPS) is 11.3. The van der Waals surface area contributed by atoms with Gasteiger partial charge in [0, 0.05) is 23.1 Å². The minimum atomic E-state index is -0.250. The van der Waals surface area contributed by atoms with Gasteiger partial charge in [-0.15, -0.1) is 22.9 Å². The number of halogens is 2. The van der Waals surface area contributed by atoms with Gasteiger partial charge in [-0.1, -0.05) is 26.0 Å². The summed E-state index contributed by atoms with van der Waals surface area (Å²) in [7, 11) is 0. The van der Waals surface area contributed by atoms with Crippen LogP contribution in [0.3, 0.4) is 0 Å². The Hall–Kier alpha value is -0.970. The van der Waals surface area contributed by atoms with E-state index in [1.807, 2.05) is 11.4 Å². The van der Waals surface area contributed by atoms with Gasteiger partial charge in [0.2, 0.25) is 0 Å². The van der Waals surface area contributed by atoms with Gasteiger partial charge in [0.1, 0.15) is 10.8 Å². The van der Waals surface area contributed by atoms with Gasteiger partial charge in [-0.25, -0.2) is 9.37 Å². The third-order valence-electron chi connectivity index (χ3n) is 3.09. The molecule has 0 amide bonds. The number of rotatable bonds is 7. The third-order valence-corrected chi connectivity index (χ3v) is 4.30. The Morgan fingerprint density at radius 1 is 1.38 bits per heavy atom. The van der Waals surface area contributed by atoms with E-state index in [1.54, 1.807) is 6.07 Å². The Labute approximate surface area is 133 Å². The van der Waals surface area contributed by atoms with Gasteiger partial charge in [-0.05, 0) is 18.4 Å². The van der Waals surface area contributed by atoms with E-state index in [2.05, 4.69) is 18.8 Å². The van der Waals surface area contributed by atoms with E-state index in [1.165, 1.54) is 17.4 Å². The zero-order chi connectivity index (χ0) is 15.2. The van der Waals surface area contributed by atoms with Gasteiger partial charge >= 0.3 is 0 Å². The topological polar surface area (TPSA) is 22.1 Å². The standard InChI is InChI=1S/C16H19ClFNOS/c1-11(2)5-6-20-9-13-4-3-12(7-15(13)18)16-19-14(8-17)10-21-16/h3-4,7,10-11H,5-6,8-9H2,1-2H3. The van der Waals surface area contributed by atoms with Gasteiger partial charge in [0.15, 0.2) is 0 Å². The molecule has 2 nitrogen and oxygen atoms in total. The van der Waals surface area contributed by atoms with Crippen molar-refractivity contribution in [2.45, 2.75) is 32.8 Å². The Kier molecular flexibility index (Phi) is 6.15. The molecule has 0 aliphatic rings. The zero-order valence-corrected chi connectivity index (χ0v) is 13.8. The zero-order valence-electron chi connectivity index (χ0n) is 12.2. The molecule has 0 atom stereocenters. The minimum absolute atomic E-state index is 0.250. The second-order valence-corrected chi connectivity index (χ2v) is 6.44. The third kappa shape index (κ3) is 4.77. The van der Waals surface area contributed by atoms with Crippen LogP contribution in [0.2, 0.25) is 0 Å². The maximum Gasteiger partial charge on any atom is 0.129 e. The highest BCUT2D eigenvalue weighted by Crippen LogP contribution is 2.26. The number of hydrogen-bond donors (Lipinski definition) is 0. The highest BCUT2D eigenvalue weighted by molar-refractivity contribution is 7.13. The molecular weight excluding hydrogens is 309 g/mol. The lowest BCUT2D eigenvalue weighted by atomic mass is 10.1. The summed E-state index contributed by atoms with van der Waals surface area (Å²) in [5.41, 5.74) is 2.18.